The fourth-order valence-corrected chi connectivity index (χ4v) is 2.18. The van der Waals surface area contributed by atoms with Crippen LogP contribution in [0.15, 0.2) is 6.20 Å². The minimum atomic E-state index is 0. The van der Waals surface area contributed by atoms with E-state index in [0.717, 1.165) is 26.1 Å². The highest BCUT2D eigenvalue weighted by molar-refractivity contribution is 7.11. The van der Waals surface area contributed by atoms with Gasteiger partial charge >= 0.3 is 0 Å². The molecule has 1 heterocycles. The van der Waals surface area contributed by atoms with E-state index in [2.05, 4.69) is 29.2 Å². The maximum Gasteiger partial charge on any atom is 0.0925 e. The monoisotopic (exact) mass is 249 g/mol. The van der Waals surface area contributed by atoms with Crippen molar-refractivity contribution in [1.82, 2.24) is 15.2 Å². The van der Waals surface area contributed by atoms with Gasteiger partial charge in [-0.15, -0.1) is 23.7 Å². The van der Waals surface area contributed by atoms with Crippen molar-refractivity contribution in [3.05, 3.63) is 16.1 Å². The Balaban J connectivity index is 0.00000196. The number of aryl methyl sites for hydroxylation is 1. The van der Waals surface area contributed by atoms with Gasteiger partial charge in [0.25, 0.3) is 0 Å². The van der Waals surface area contributed by atoms with E-state index in [0.29, 0.717) is 0 Å². The van der Waals surface area contributed by atoms with Crippen molar-refractivity contribution in [2.75, 3.05) is 27.2 Å². The first kappa shape index (κ1) is 14.8. The average Bonchev–Trinajstić information content (AvgIpc) is 2.62. The Hall–Kier alpha value is -0.160. The summed E-state index contributed by atoms with van der Waals surface area (Å²) >= 11 is 1.82. The van der Waals surface area contributed by atoms with E-state index in [1.807, 2.05) is 24.6 Å². The van der Waals surface area contributed by atoms with Gasteiger partial charge in [-0.2, -0.15) is 0 Å². The number of halogens is 1. The van der Waals surface area contributed by atoms with Gasteiger partial charge in [-0.1, -0.05) is 6.92 Å². The van der Waals surface area contributed by atoms with E-state index in [4.69, 9.17) is 0 Å². The summed E-state index contributed by atoms with van der Waals surface area (Å²) < 4.78 is 0. The fraction of sp³-hybridized carbons (Fsp3) is 0.700. The van der Waals surface area contributed by atoms with Gasteiger partial charge in [0, 0.05) is 30.7 Å². The second-order valence-corrected chi connectivity index (χ2v) is 4.61. The van der Waals surface area contributed by atoms with Crippen LogP contribution in [0.1, 0.15) is 16.8 Å². The molecule has 0 aromatic carbocycles. The first-order chi connectivity index (χ1) is 6.76. The van der Waals surface area contributed by atoms with E-state index < -0.39 is 0 Å². The first-order valence-corrected chi connectivity index (χ1v) is 5.84. The SMILES string of the molecule is CCc1ncc(CN(C)CCNC)s1.Cl. The lowest BCUT2D eigenvalue weighted by atomic mass is 10.4. The van der Waals surface area contributed by atoms with Gasteiger partial charge in [0.05, 0.1) is 5.01 Å². The van der Waals surface area contributed by atoms with Crippen molar-refractivity contribution in [3.63, 3.8) is 0 Å². The molecule has 0 saturated heterocycles. The number of rotatable bonds is 6. The van der Waals surface area contributed by atoms with Crippen LogP contribution in [-0.4, -0.2) is 37.1 Å². The van der Waals surface area contributed by atoms with Crippen LogP contribution < -0.4 is 5.32 Å². The predicted molar refractivity (Wildman–Crippen MR) is 69.0 cm³/mol. The first-order valence-electron chi connectivity index (χ1n) is 5.03. The maximum atomic E-state index is 4.34. The summed E-state index contributed by atoms with van der Waals surface area (Å²) in [5.41, 5.74) is 0. The zero-order valence-electron chi connectivity index (χ0n) is 9.62. The summed E-state index contributed by atoms with van der Waals surface area (Å²) in [5, 5.41) is 4.38. The molecule has 0 saturated carbocycles. The largest absolute Gasteiger partial charge is 0.318 e. The zero-order chi connectivity index (χ0) is 10.4. The molecule has 5 heteroatoms. The smallest absolute Gasteiger partial charge is 0.0925 e. The lowest BCUT2D eigenvalue weighted by molar-refractivity contribution is 0.331. The topological polar surface area (TPSA) is 28.2 Å². The molecule has 0 aliphatic heterocycles. The Bertz CT molecular complexity index is 265. The van der Waals surface area contributed by atoms with Crippen LogP contribution in [0.4, 0.5) is 0 Å². The van der Waals surface area contributed by atoms with E-state index in [-0.39, 0.29) is 12.4 Å². The van der Waals surface area contributed by atoms with Crippen molar-refractivity contribution in [2.45, 2.75) is 19.9 Å². The summed E-state index contributed by atoms with van der Waals surface area (Å²) in [4.78, 5) is 8.01. The van der Waals surface area contributed by atoms with Gasteiger partial charge in [0.1, 0.15) is 0 Å². The van der Waals surface area contributed by atoms with Crippen LogP contribution in [0.2, 0.25) is 0 Å². The van der Waals surface area contributed by atoms with Crippen molar-refractivity contribution in [3.8, 4) is 0 Å². The van der Waals surface area contributed by atoms with Crippen LogP contribution in [0.5, 0.6) is 0 Å². The Morgan fingerprint density at radius 2 is 2.27 bits per heavy atom. The number of likely N-dealkylation sites (N-methyl/N-ethyl adjacent to an activating group) is 2. The zero-order valence-corrected chi connectivity index (χ0v) is 11.2. The molecule has 1 aromatic rings. The van der Waals surface area contributed by atoms with Crippen molar-refractivity contribution < 1.29 is 0 Å². The normalized spacial score (nSPS) is 10.4. The van der Waals surface area contributed by atoms with Crippen LogP contribution in [0.3, 0.4) is 0 Å². The van der Waals surface area contributed by atoms with Gasteiger partial charge in [0.2, 0.25) is 0 Å². The van der Waals surface area contributed by atoms with Crippen LogP contribution in [-0.2, 0) is 13.0 Å². The molecular formula is C10H20ClN3S. The van der Waals surface area contributed by atoms with Crippen molar-refractivity contribution in [1.29, 1.82) is 0 Å². The summed E-state index contributed by atoms with van der Waals surface area (Å²) in [6.45, 7) is 5.28. The third-order valence-electron chi connectivity index (χ3n) is 2.07. The number of hydrogen-bond donors (Lipinski definition) is 1. The number of nitrogens with zero attached hydrogens (tertiary/aromatic N) is 2. The maximum absolute atomic E-state index is 4.34. The van der Waals surface area contributed by atoms with E-state index in [1.54, 1.807) is 0 Å². The second kappa shape index (κ2) is 8.05. The Labute approximate surface area is 102 Å². The highest BCUT2D eigenvalue weighted by Gasteiger charge is 2.03. The molecule has 0 unspecified atom stereocenters. The highest BCUT2D eigenvalue weighted by atomic mass is 35.5. The summed E-state index contributed by atoms with van der Waals surface area (Å²) in [5.74, 6) is 0. The molecule has 0 amide bonds. The molecule has 0 bridgehead atoms. The quantitative estimate of drug-likeness (QED) is 0.833. The summed E-state index contributed by atoms with van der Waals surface area (Å²) in [6.07, 6.45) is 3.05. The fourth-order valence-electron chi connectivity index (χ4n) is 1.23. The molecule has 88 valence electrons. The summed E-state index contributed by atoms with van der Waals surface area (Å²) in [6, 6.07) is 0. The molecule has 0 radical (unpaired) electrons. The average molecular weight is 250 g/mol. The molecule has 1 aromatic heterocycles. The third-order valence-corrected chi connectivity index (χ3v) is 3.20. The van der Waals surface area contributed by atoms with Gasteiger partial charge < -0.3 is 5.32 Å². The minimum absolute atomic E-state index is 0. The van der Waals surface area contributed by atoms with Gasteiger partial charge in [0.15, 0.2) is 0 Å². The molecule has 0 aliphatic rings. The number of thiazole rings is 1. The molecule has 15 heavy (non-hydrogen) atoms. The van der Waals surface area contributed by atoms with Crippen LogP contribution in [0.25, 0.3) is 0 Å². The Kier molecular flexibility index (Phi) is 7.96. The standard InChI is InChI=1S/C10H19N3S.ClH/c1-4-10-12-7-9(14-10)8-13(3)6-5-11-2;/h7,11H,4-6,8H2,1-3H3;1H. The van der Waals surface area contributed by atoms with Gasteiger partial charge in [-0.05, 0) is 20.5 Å². The van der Waals surface area contributed by atoms with Crippen LogP contribution in [0, 0.1) is 0 Å². The number of hydrogen-bond acceptors (Lipinski definition) is 4. The molecule has 0 spiro atoms. The molecule has 1 rings (SSSR count). The molecule has 0 atom stereocenters. The van der Waals surface area contributed by atoms with Gasteiger partial charge in [-0.3, -0.25) is 4.90 Å². The third kappa shape index (κ3) is 5.47. The van der Waals surface area contributed by atoms with Crippen molar-refractivity contribution in [2.24, 2.45) is 0 Å². The lowest BCUT2D eigenvalue weighted by Gasteiger charge is -2.14. The van der Waals surface area contributed by atoms with Gasteiger partial charge in [-0.25, -0.2) is 4.98 Å². The van der Waals surface area contributed by atoms with E-state index in [9.17, 15) is 0 Å². The highest BCUT2D eigenvalue weighted by Crippen LogP contribution is 2.14. The molecule has 1 N–H and O–H groups in total. The van der Waals surface area contributed by atoms with E-state index >= 15 is 0 Å². The summed E-state index contributed by atoms with van der Waals surface area (Å²) in [7, 11) is 4.12. The lowest BCUT2D eigenvalue weighted by Crippen LogP contribution is -2.26. The predicted octanol–water partition coefficient (Wildman–Crippen LogP) is 1.78. The molecule has 3 nitrogen and oxygen atoms in total. The minimum Gasteiger partial charge on any atom is -0.318 e. The number of aromatic nitrogens is 1. The van der Waals surface area contributed by atoms with E-state index in [1.165, 1.54) is 9.88 Å². The molecule has 0 fully saturated rings. The Morgan fingerprint density at radius 3 is 2.80 bits per heavy atom. The Morgan fingerprint density at radius 1 is 1.53 bits per heavy atom. The van der Waals surface area contributed by atoms with Crippen LogP contribution >= 0.6 is 23.7 Å². The molecule has 0 aliphatic carbocycles. The molecular weight excluding hydrogens is 230 g/mol. The number of nitrogens with one attached hydrogen (secondary N) is 1. The van der Waals surface area contributed by atoms with Crippen molar-refractivity contribution >= 4 is 23.7 Å². The second-order valence-electron chi connectivity index (χ2n) is 3.42.